The van der Waals surface area contributed by atoms with Crippen molar-refractivity contribution in [1.82, 2.24) is 10.3 Å². The van der Waals surface area contributed by atoms with E-state index in [1.807, 2.05) is 11.3 Å². The van der Waals surface area contributed by atoms with Crippen LogP contribution in [0, 0.1) is 6.92 Å². The number of hydrogen-bond acceptors (Lipinski definition) is 5. The molecular formula is C14H23N3S2. The fourth-order valence-electron chi connectivity index (χ4n) is 2.43. The van der Waals surface area contributed by atoms with Gasteiger partial charge in [-0.2, -0.15) is 11.8 Å². The van der Waals surface area contributed by atoms with Gasteiger partial charge in [-0.1, -0.05) is 6.92 Å². The Kier molecular flexibility index (Phi) is 4.06. The highest BCUT2D eigenvalue weighted by molar-refractivity contribution is 8.00. The van der Waals surface area contributed by atoms with Crippen molar-refractivity contribution >= 4 is 28.2 Å². The molecule has 1 aromatic heterocycles. The summed E-state index contributed by atoms with van der Waals surface area (Å²) in [7, 11) is 0. The Bertz CT molecular complexity index is 442. The SMILES string of the molecule is Cc1nc(N2CCSC(C)C2C)sc1CNC1CC1. The lowest BCUT2D eigenvalue weighted by atomic mass is 10.2. The first-order chi connectivity index (χ1) is 9.15. The number of nitrogens with one attached hydrogen (secondary N) is 1. The standard InChI is InChI=1S/C14H23N3S2/c1-9-13(8-15-12-4-5-12)19-14(16-9)17-6-7-18-11(3)10(17)2/h10-12,15H,4-8H2,1-3H3. The average molecular weight is 297 g/mol. The number of anilines is 1. The van der Waals surface area contributed by atoms with E-state index in [0.717, 1.165) is 19.1 Å². The molecule has 0 amide bonds. The maximum absolute atomic E-state index is 4.81. The van der Waals surface area contributed by atoms with Gasteiger partial charge in [0.05, 0.1) is 5.69 Å². The molecule has 0 bridgehead atoms. The topological polar surface area (TPSA) is 28.2 Å². The van der Waals surface area contributed by atoms with Crippen molar-refractivity contribution in [2.75, 3.05) is 17.2 Å². The molecule has 1 aliphatic heterocycles. The fraction of sp³-hybridized carbons (Fsp3) is 0.786. The number of nitrogens with zero attached hydrogens (tertiary/aromatic N) is 2. The number of thiazole rings is 1. The molecule has 2 unspecified atom stereocenters. The van der Waals surface area contributed by atoms with Crippen LogP contribution in [-0.2, 0) is 6.54 Å². The smallest absolute Gasteiger partial charge is 0.186 e. The van der Waals surface area contributed by atoms with E-state index in [1.54, 1.807) is 0 Å². The second kappa shape index (κ2) is 5.62. The Morgan fingerprint density at radius 1 is 1.37 bits per heavy atom. The van der Waals surface area contributed by atoms with Crippen molar-refractivity contribution in [3.8, 4) is 0 Å². The lowest BCUT2D eigenvalue weighted by Crippen LogP contribution is -2.44. The maximum atomic E-state index is 4.81. The van der Waals surface area contributed by atoms with Crippen molar-refractivity contribution in [2.24, 2.45) is 0 Å². The van der Waals surface area contributed by atoms with Gasteiger partial charge in [-0.15, -0.1) is 11.3 Å². The van der Waals surface area contributed by atoms with Crippen LogP contribution < -0.4 is 10.2 Å². The Morgan fingerprint density at radius 3 is 2.89 bits per heavy atom. The molecule has 1 aromatic rings. The Balaban J connectivity index is 1.71. The molecule has 3 nitrogen and oxygen atoms in total. The van der Waals surface area contributed by atoms with Crippen molar-refractivity contribution in [3.63, 3.8) is 0 Å². The highest BCUT2D eigenvalue weighted by Crippen LogP contribution is 2.33. The molecular weight excluding hydrogens is 274 g/mol. The molecule has 0 radical (unpaired) electrons. The monoisotopic (exact) mass is 297 g/mol. The minimum atomic E-state index is 0.591. The number of aromatic nitrogens is 1. The van der Waals surface area contributed by atoms with Crippen LogP contribution in [0.2, 0.25) is 0 Å². The molecule has 19 heavy (non-hydrogen) atoms. The first kappa shape index (κ1) is 13.7. The molecule has 106 valence electrons. The first-order valence-corrected chi connectivity index (χ1v) is 9.09. The predicted molar refractivity (Wildman–Crippen MR) is 85.4 cm³/mol. The zero-order chi connectivity index (χ0) is 13.4. The summed E-state index contributed by atoms with van der Waals surface area (Å²) in [4.78, 5) is 8.73. The Hall–Kier alpha value is -0.260. The molecule has 0 spiro atoms. The summed E-state index contributed by atoms with van der Waals surface area (Å²) >= 11 is 3.97. The molecule has 2 heterocycles. The minimum Gasteiger partial charge on any atom is -0.343 e. The van der Waals surface area contributed by atoms with E-state index in [1.165, 1.54) is 34.3 Å². The highest BCUT2D eigenvalue weighted by atomic mass is 32.2. The zero-order valence-corrected chi connectivity index (χ0v) is 13.6. The van der Waals surface area contributed by atoms with Crippen LogP contribution in [0.5, 0.6) is 0 Å². The van der Waals surface area contributed by atoms with Gasteiger partial charge in [0, 0.05) is 41.1 Å². The molecule has 2 fully saturated rings. The Labute approximate surface area is 124 Å². The van der Waals surface area contributed by atoms with Gasteiger partial charge in [0.1, 0.15) is 0 Å². The van der Waals surface area contributed by atoms with Gasteiger partial charge in [-0.3, -0.25) is 0 Å². The van der Waals surface area contributed by atoms with Crippen molar-refractivity contribution < 1.29 is 0 Å². The summed E-state index contributed by atoms with van der Waals surface area (Å²) in [6, 6.07) is 1.36. The summed E-state index contributed by atoms with van der Waals surface area (Å²) < 4.78 is 0. The van der Waals surface area contributed by atoms with Crippen molar-refractivity contribution in [2.45, 2.75) is 57.5 Å². The van der Waals surface area contributed by atoms with Crippen LogP contribution in [-0.4, -0.2) is 34.6 Å². The third-order valence-corrected chi connectivity index (χ3v) is 6.67. The summed E-state index contributed by atoms with van der Waals surface area (Å²) in [6.45, 7) is 8.95. The summed E-state index contributed by atoms with van der Waals surface area (Å²) in [5.74, 6) is 1.22. The second-order valence-corrected chi connectivity index (χ2v) is 8.22. The van der Waals surface area contributed by atoms with E-state index < -0.39 is 0 Å². The number of aryl methyl sites for hydroxylation is 1. The van der Waals surface area contributed by atoms with E-state index in [-0.39, 0.29) is 0 Å². The average Bonchev–Trinajstić information content (AvgIpc) is 3.14. The van der Waals surface area contributed by atoms with Crippen LogP contribution >= 0.6 is 23.1 Å². The van der Waals surface area contributed by atoms with Crippen molar-refractivity contribution in [1.29, 1.82) is 0 Å². The van der Waals surface area contributed by atoms with Gasteiger partial charge >= 0.3 is 0 Å². The summed E-state index contributed by atoms with van der Waals surface area (Å²) in [5.41, 5.74) is 1.21. The van der Waals surface area contributed by atoms with E-state index >= 15 is 0 Å². The van der Waals surface area contributed by atoms with Crippen LogP contribution in [0.4, 0.5) is 5.13 Å². The van der Waals surface area contributed by atoms with Crippen LogP contribution in [0.3, 0.4) is 0 Å². The van der Waals surface area contributed by atoms with Gasteiger partial charge in [-0.05, 0) is 26.7 Å². The van der Waals surface area contributed by atoms with Crippen LogP contribution in [0.15, 0.2) is 0 Å². The van der Waals surface area contributed by atoms with Gasteiger partial charge in [0.2, 0.25) is 0 Å². The summed E-state index contributed by atoms with van der Waals surface area (Å²) in [5, 5.41) is 5.52. The zero-order valence-electron chi connectivity index (χ0n) is 12.0. The third-order valence-electron chi connectivity index (χ3n) is 4.14. The lowest BCUT2D eigenvalue weighted by molar-refractivity contribution is 0.625. The maximum Gasteiger partial charge on any atom is 0.186 e. The molecule has 5 heteroatoms. The molecule has 1 aliphatic carbocycles. The quantitative estimate of drug-likeness (QED) is 0.924. The summed E-state index contributed by atoms with van der Waals surface area (Å²) in [6.07, 6.45) is 2.70. The number of thioether (sulfide) groups is 1. The predicted octanol–water partition coefficient (Wildman–Crippen LogP) is 3.03. The van der Waals surface area contributed by atoms with Gasteiger partial charge < -0.3 is 10.2 Å². The molecule has 2 atom stereocenters. The highest BCUT2D eigenvalue weighted by Gasteiger charge is 2.28. The molecule has 1 N–H and O–H groups in total. The van der Waals surface area contributed by atoms with E-state index in [0.29, 0.717) is 11.3 Å². The second-order valence-electron chi connectivity index (χ2n) is 5.67. The van der Waals surface area contributed by atoms with Crippen molar-refractivity contribution in [3.05, 3.63) is 10.6 Å². The lowest BCUT2D eigenvalue weighted by Gasteiger charge is -2.37. The molecule has 3 rings (SSSR count). The molecule has 0 aromatic carbocycles. The van der Waals surface area contributed by atoms with E-state index in [9.17, 15) is 0 Å². The van der Waals surface area contributed by atoms with E-state index in [4.69, 9.17) is 4.98 Å². The van der Waals surface area contributed by atoms with Gasteiger partial charge in [0.15, 0.2) is 5.13 Å². The van der Waals surface area contributed by atoms with Crippen LogP contribution in [0.1, 0.15) is 37.3 Å². The molecule has 2 aliphatic rings. The number of rotatable bonds is 4. The minimum absolute atomic E-state index is 0.591. The molecule has 1 saturated carbocycles. The van der Waals surface area contributed by atoms with Gasteiger partial charge in [0.25, 0.3) is 0 Å². The largest absolute Gasteiger partial charge is 0.343 e. The third kappa shape index (κ3) is 3.09. The molecule has 1 saturated heterocycles. The first-order valence-electron chi connectivity index (χ1n) is 7.23. The van der Waals surface area contributed by atoms with Gasteiger partial charge in [-0.25, -0.2) is 4.98 Å². The normalized spacial score (nSPS) is 27.8. The number of hydrogen-bond donors (Lipinski definition) is 1. The van der Waals surface area contributed by atoms with Crippen LogP contribution in [0.25, 0.3) is 0 Å². The Morgan fingerprint density at radius 2 is 2.16 bits per heavy atom. The van der Waals surface area contributed by atoms with E-state index in [2.05, 4.69) is 42.7 Å². The fourth-order valence-corrected chi connectivity index (χ4v) is 4.65.